The second kappa shape index (κ2) is 6.62. The summed E-state index contributed by atoms with van der Waals surface area (Å²) in [5, 5.41) is 13.2. The Kier molecular flexibility index (Phi) is 4.77. The molecule has 2 aliphatic rings. The summed E-state index contributed by atoms with van der Waals surface area (Å²) in [6.07, 6.45) is 9.34. The number of benzene rings is 1. The molecule has 0 atom stereocenters. The Bertz CT molecular complexity index is 461. The van der Waals surface area contributed by atoms with Crippen molar-refractivity contribution in [2.24, 2.45) is 5.41 Å². The van der Waals surface area contributed by atoms with Gasteiger partial charge in [0.2, 0.25) is 0 Å². The van der Waals surface area contributed by atoms with E-state index in [0.717, 1.165) is 31.6 Å². The van der Waals surface area contributed by atoms with Gasteiger partial charge in [-0.15, -0.1) is 0 Å². The number of aliphatic hydroxyl groups is 1. The van der Waals surface area contributed by atoms with Gasteiger partial charge in [0, 0.05) is 11.7 Å². The molecule has 2 heteroatoms. The number of anilines is 1. The highest BCUT2D eigenvalue weighted by atomic mass is 16.3. The van der Waals surface area contributed by atoms with Gasteiger partial charge in [0.25, 0.3) is 0 Å². The molecule has 2 nitrogen and oxygen atoms in total. The second-order valence-corrected chi connectivity index (χ2v) is 8.21. The summed E-state index contributed by atoms with van der Waals surface area (Å²) < 4.78 is 0. The van der Waals surface area contributed by atoms with Crippen LogP contribution in [0.25, 0.3) is 0 Å². The number of rotatable bonds is 3. The third-order valence-corrected chi connectivity index (χ3v) is 5.79. The second-order valence-electron chi connectivity index (χ2n) is 8.21. The molecule has 0 bridgehead atoms. The molecule has 22 heavy (non-hydrogen) atoms. The predicted molar refractivity (Wildman–Crippen MR) is 93.3 cm³/mol. The zero-order valence-electron chi connectivity index (χ0n) is 14.1. The van der Waals surface area contributed by atoms with Crippen LogP contribution >= 0.6 is 0 Å². The average molecular weight is 301 g/mol. The summed E-state index contributed by atoms with van der Waals surface area (Å²) >= 11 is 0. The first kappa shape index (κ1) is 15.9. The summed E-state index contributed by atoms with van der Waals surface area (Å²) in [7, 11) is 0. The average Bonchev–Trinajstić information content (AvgIpc) is 2.51. The Morgan fingerprint density at radius 2 is 1.50 bits per heavy atom. The van der Waals surface area contributed by atoms with Gasteiger partial charge in [0.1, 0.15) is 0 Å². The summed E-state index contributed by atoms with van der Waals surface area (Å²) in [6.45, 7) is 4.80. The lowest BCUT2D eigenvalue weighted by molar-refractivity contribution is 0.126. The molecule has 2 fully saturated rings. The van der Waals surface area contributed by atoms with E-state index in [1.54, 1.807) is 0 Å². The first-order chi connectivity index (χ1) is 10.5. The molecule has 2 saturated carbocycles. The van der Waals surface area contributed by atoms with Crippen molar-refractivity contribution in [1.82, 2.24) is 0 Å². The van der Waals surface area contributed by atoms with Gasteiger partial charge >= 0.3 is 0 Å². The maximum atomic E-state index is 9.58. The Hall–Kier alpha value is -1.02. The molecule has 1 aromatic rings. The van der Waals surface area contributed by atoms with E-state index < -0.39 is 0 Å². The fourth-order valence-corrected chi connectivity index (χ4v) is 4.04. The summed E-state index contributed by atoms with van der Waals surface area (Å²) in [5.41, 5.74) is 3.30. The van der Waals surface area contributed by atoms with Crippen LogP contribution in [-0.2, 0) is 0 Å². The van der Waals surface area contributed by atoms with Crippen molar-refractivity contribution in [2.75, 3.05) is 5.32 Å². The summed E-state index contributed by atoms with van der Waals surface area (Å²) in [4.78, 5) is 0. The van der Waals surface area contributed by atoms with Crippen LogP contribution in [0.4, 0.5) is 5.69 Å². The summed E-state index contributed by atoms with van der Waals surface area (Å²) in [6, 6.07) is 9.68. The maximum absolute atomic E-state index is 9.58. The number of hydrogen-bond acceptors (Lipinski definition) is 2. The van der Waals surface area contributed by atoms with Crippen molar-refractivity contribution >= 4 is 5.69 Å². The lowest BCUT2D eigenvalue weighted by Gasteiger charge is -2.34. The van der Waals surface area contributed by atoms with E-state index in [9.17, 15) is 5.11 Å². The van der Waals surface area contributed by atoms with E-state index >= 15 is 0 Å². The van der Waals surface area contributed by atoms with E-state index in [4.69, 9.17) is 0 Å². The standard InChI is InChI=1S/C20H31NO/c1-20(2)13-11-16(12-14-20)15-3-5-17(6-4-15)21-18-7-9-19(22)10-8-18/h3-6,16,18-19,21-22H,7-14H2,1-2H3. The Balaban J connectivity index is 1.54. The number of hydrogen-bond donors (Lipinski definition) is 2. The van der Waals surface area contributed by atoms with Crippen LogP contribution in [0.2, 0.25) is 0 Å². The van der Waals surface area contributed by atoms with Crippen molar-refractivity contribution in [1.29, 1.82) is 0 Å². The van der Waals surface area contributed by atoms with Crippen molar-refractivity contribution in [2.45, 2.75) is 83.3 Å². The van der Waals surface area contributed by atoms with E-state index in [2.05, 4.69) is 43.4 Å². The van der Waals surface area contributed by atoms with Crippen LogP contribution in [0.3, 0.4) is 0 Å². The molecule has 0 amide bonds. The maximum Gasteiger partial charge on any atom is 0.0541 e. The molecular formula is C20H31NO. The minimum Gasteiger partial charge on any atom is -0.393 e. The van der Waals surface area contributed by atoms with E-state index in [0.29, 0.717) is 11.5 Å². The smallest absolute Gasteiger partial charge is 0.0541 e. The van der Waals surface area contributed by atoms with Crippen LogP contribution < -0.4 is 5.32 Å². The molecule has 0 unspecified atom stereocenters. The van der Waals surface area contributed by atoms with Gasteiger partial charge in [-0.2, -0.15) is 0 Å². The van der Waals surface area contributed by atoms with Gasteiger partial charge in [0.15, 0.2) is 0 Å². The quantitative estimate of drug-likeness (QED) is 0.815. The Morgan fingerprint density at radius 1 is 0.909 bits per heavy atom. The van der Waals surface area contributed by atoms with Crippen molar-refractivity contribution in [3.05, 3.63) is 29.8 Å². The van der Waals surface area contributed by atoms with Crippen LogP contribution in [-0.4, -0.2) is 17.3 Å². The molecule has 0 heterocycles. The topological polar surface area (TPSA) is 32.3 Å². The van der Waals surface area contributed by atoms with Gasteiger partial charge in [-0.3, -0.25) is 0 Å². The molecule has 122 valence electrons. The summed E-state index contributed by atoms with van der Waals surface area (Å²) in [5.74, 6) is 0.756. The molecule has 1 aromatic carbocycles. The van der Waals surface area contributed by atoms with Crippen molar-refractivity contribution in [3.63, 3.8) is 0 Å². The largest absolute Gasteiger partial charge is 0.393 e. The van der Waals surface area contributed by atoms with E-state index in [1.165, 1.54) is 36.9 Å². The van der Waals surface area contributed by atoms with E-state index in [1.807, 2.05) is 0 Å². The predicted octanol–water partition coefficient (Wildman–Crippen LogP) is 5.09. The van der Waals surface area contributed by atoms with Crippen LogP contribution in [0.15, 0.2) is 24.3 Å². The number of aliphatic hydroxyl groups excluding tert-OH is 1. The fourth-order valence-electron chi connectivity index (χ4n) is 4.04. The molecule has 0 radical (unpaired) electrons. The van der Waals surface area contributed by atoms with Crippen LogP contribution in [0.5, 0.6) is 0 Å². The highest BCUT2D eigenvalue weighted by Crippen LogP contribution is 2.42. The van der Waals surface area contributed by atoms with Gasteiger partial charge in [-0.05, 0) is 80.4 Å². The molecule has 2 N–H and O–H groups in total. The first-order valence-electron chi connectivity index (χ1n) is 9.06. The van der Waals surface area contributed by atoms with Gasteiger partial charge in [-0.1, -0.05) is 26.0 Å². The lowest BCUT2D eigenvalue weighted by Crippen LogP contribution is -2.28. The minimum absolute atomic E-state index is 0.0732. The third-order valence-electron chi connectivity index (χ3n) is 5.79. The molecule has 2 aliphatic carbocycles. The monoisotopic (exact) mass is 301 g/mol. The molecule has 0 aromatic heterocycles. The highest BCUT2D eigenvalue weighted by Gasteiger charge is 2.27. The van der Waals surface area contributed by atoms with Gasteiger partial charge in [0.05, 0.1) is 6.10 Å². The highest BCUT2D eigenvalue weighted by molar-refractivity contribution is 5.46. The molecule has 0 aliphatic heterocycles. The first-order valence-corrected chi connectivity index (χ1v) is 9.06. The number of nitrogens with one attached hydrogen (secondary N) is 1. The van der Waals surface area contributed by atoms with Crippen molar-refractivity contribution < 1.29 is 5.11 Å². The Morgan fingerprint density at radius 3 is 2.09 bits per heavy atom. The van der Waals surface area contributed by atoms with Gasteiger partial charge in [-0.25, -0.2) is 0 Å². The Labute approximate surface area is 135 Å². The normalized spacial score (nSPS) is 29.2. The van der Waals surface area contributed by atoms with Crippen LogP contribution in [0, 0.1) is 5.41 Å². The molecule has 0 saturated heterocycles. The third kappa shape index (κ3) is 4.04. The van der Waals surface area contributed by atoms with Crippen LogP contribution in [0.1, 0.15) is 76.7 Å². The van der Waals surface area contributed by atoms with Gasteiger partial charge < -0.3 is 10.4 Å². The molecular weight excluding hydrogens is 270 g/mol. The molecule has 3 rings (SSSR count). The van der Waals surface area contributed by atoms with Crippen molar-refractivity contribution in [3.8, 4) is 0 Å². The van der Waals surface area contributed by atoms with E-state index in [-0.39, 0.29) is 6.10 Å². The fraction of sp³-hybridized carbons (Fsp3) is 0.700. The zero-order chi connectivity index (χ0) is 15.6. The molecule has 0 spiro atoms. The minimum atomic E-state index is -0.0732. The zero-order valence-corrected chi connectivity index (χ0v) is 14.1. The lowest BCUT2D eigenvalue weighted by atomic mass is 9.71. The SMILES string of the molecule is CC1(C)CCC(c2ccc(NC3CCC(O)CC3)cc2)CC1.